The Hall–Kier alpha value is -1.86. The summed E-state index contributed by atoms with van der Waals surface area (Å²) >= 11 is 2.97. The first-order valence-electron chi connectivity index (χ1n) is 6.44. The van der Waals surface area contributed by atoms with Crippen LogP contribution in [-0.4, -0.2) is 27.7 Å². The molecule has 3 rings (SSSR count). The molecule has 1 amide bonds. The molecular formula is C14H13N3O2S2. The number of likely N-dealkylation sites (N-methyl/N-ethyl adjacent to an activating group) is 1. The number of hydrogen-bond donors (Lipinski definition) is 0. The maximum atomic E-state index is 12.4. The fourth-order valence-electron chi connectivity index (χ4n) is 1.88. The van der Waals surface area contributed by atoms with E-state index in [9.17, 15) is 4.79 Å². The summed E-state index contributed by atoms with van der Waals surface area (Å²) < 4.78 is 5.00. The molecule has 0 aromatic carbocycles. The molecule has 0 bridgehead atoms. The summed E-state index contributed by atoms with van der Waals surface area (Å²) in [5.74, 6) is 1.16. The van der Waals surface area contributed by atoms with Gasteiger partial charge in [-0.25, -0.2) is 4.99 Å². The van der Waals surface area contributed by atoms with Gasteiger partial charge in [-0.2, -0.15) is 0 Å². The molecule has 1 aliphatic heterocycles. The maximum absolute atomic E-state index is 12.4. The lowest BCUT2D eigenvalue weighted by Gasteiger charge is -2.11. The standard InChI is InChI=1S/C14H13N3O2S2/c1-3-17-13(18)11(8-10-5-4-6-20-10)21-14(17)15-12-7-9(2)19-16-12/h4-8H,3H2,1-2H3. The Morgan fingerprint density at radius 2 is 2.38 bits per heavy atom. The number of rotatable bonds is 3. The number of amides is 1. The Labute approximate surface area is 130 Å². The van der Waals surface area contributed by atoms with E-state index in [2.05, 4.69) is 10.1 Å². The third-order valence-electron chi connectivity index (χ3n) is 2.85. The van der Waals surface area contributed by atoms with Crippen molar-refractivity contribution in [3.05, 3.63) is 39.1 Å². The second kappa shape index (κ2) is 5.87. The van der Waals surface area contributed by atoms with Crippen LogP contribution in [0.15, 0.2) is 38.0 Å². The third-order valence-corrected chi connectivity index (χ3v) is 4.67. The van der Waals surface area contributed by atoms with Crippen LogP contribution >= 0.6 is 23.1 Å². The van der Waals surface area contributed by atoms with E-state index in [1.54, 1.807) is 22.3 Å². The Morgan fingerprint density at radius 1 is 1.52 bits per heavy atom. The van der Waals surface area contributed by atoms with Gasteiger partial charge in [-0.1, -0.05) is 11.2 Å². The average molecular weight is 319 g/mol. The zero-order valence-corrected chi connectivity index (χ0v) is 13.2. The summed E-state index contributed by atoms with van der Waals surface area (Å²) in [5.41, 5.74) is 0. The predicted molar refractivity (Wildman–Crippen MR) is 85.6 cm³/mol. The molecule has 1 saturated heterocycles. The van der Waals surface area contributed by atoms with E-state index in [4.69, 9.17) is 4.52 Å². The van der Waals surface area contributed by atoms with Gasteiger partial charge in [0.15, 0.2) is 11.0 Å². The molecule has 0 saturated carbocycles. The molecule has 7 heteroatoms. The minimum atomic E-state index is -0.0186. The van der Waals surface area contributed by atoms with Gasteiger partial charge in [0.05, 0.1) is 4.91 Å². The molecule has 2 aromatic heterocycles. The van der Waals surface area contributed by atoms with E-state index < -0.39 is 0 Å². The minimum absolute atomic E-state index is 0.0186. The number of aryl methyl sites for hydroxylation is 1. The lowest BCUT2D eigenvalue weighted by Crippen LogP contribution is -2.28. The van der Waals surface area contributed by atoms with Crippen LogP contribution in [0.3, 0.4) is 0 Å². The van der Waals surface area contributed by atoms with E-state index in [1.807, 2.05) is 37.4 Å². The Bertz CT molecular complexity index is 716. The van der Waals surface area contributed by atoms with Crippen LogP contribution in [0.2, 0.25) is 0 Å². The molecule has 5 nitrogen and oxygen atoms in total. The van der Waals surface area contributed by atoms with Gasteiger partial charge in [0.25, 0.3) is 5.91 Å². The minimum Gasteiger partial charge on any atom is -0.359 e. The highest BCUT2D eigenvalue weighted by Crippen LogP contribution is 2.34. The topological polar surface area (TPSA) is 58.7 Å². The van der Waals surface area contributed by atoms with Crippen molar-refractivity contribution >= 4 is 46.1 Å². The molecule has 1 aliphatic rings. The fourth-order valence-corrected chi connectivity index (χ4v) is 3.65. The van der Waals surface area contributed by atoms with E-state index in [1.165, 1.54) is 11.8 Å². The number of hydrogen-bond acceptors (Lipinski definition) is 6. The number of nitrogens with zero attached hydrogens (tertiary/aromatic N) is 3. The summed E-state index contributed by atoms with van der Waals surface area (Å²) in [5, 5.41) is 6.47. The van der Waals surface area contributed by atoms with Gasteiger partial charge >= 0.3 is 0 Å². The lowest BCUT2D eigenvalue weighted by atomic mass is 10.4. The van der Waals surface area contributed by atoms with E-state index in [0.717, 1.165) is 4.88 Å². The molecule has 0 spiro atoms. The van der Waals surface area contributed by atoms with Gasteiger partial charge in [0.2, 0.25) is 0 Å². The number of aromatic nitrogens is 1. The first-order chi connectivity index (χ1) is 10.2. The van der Waals surface area contributed by atoms with E-state index >= 15 is 0 Å². The SMILES string of the molecule is CCN1C(=O)C(=Cc2cccs2)SC1=Nc1cc(C)on1. The summed E-state index contributed by atoms with van der Waals surface area (Å²) in [7, 11) is 0. The first-order valence-corrected chi connectivity index (χ1v) is 8.14. The van der Waals surface area contributed by atoms with Crippen molar-refractivity contribution in [1.29, 1.82) is 0 Å². The van der Waals surface area contributed by atoms with Crippen LogP contribution in [0.5, 0.6) is 0 Å². The predicted octanol–water partition coefficient (Wildman–Crippen LogP) is 3.67. The highest BCUT2D eigenvalue weighted by Gasteiger charge is 2.32. The largest absolute Gasteiger partial charge is 0.359 e. The summed E-state index contributed by atoms with van der Waals surface area (Å²) in [6.45, 7) is 4.31. The summed E-state index contributed by atoms with van der Waals surface area (Å²) in [6.07, 6.45) is 1.90. The van der Waals surface area contributed by atoms with Crippen LogP contribution in [-0.2, 0) is 4.79 Å². The van der Waals surface area contributed by atoms with Crippen molar-refractivity contribution in [3.63, 3.8) is 0 Å². The van der Waals surface area contributed by atoms with E-state index in [-0.39, 0.29) is 5.91 Å². The smallest absolute Gasteiger partial charge is 0.266 e. The quantitative estimate of drug-likeness (QED) is 0.810. The number of thiophene rings is 1. The molecule has 0 N–H and O–H groups in total. The van der Waals surface area contributed by atoms with Crippen LogP contribution in [0.1, 0.15) is 17.6 Å². The van der Waals surface area contributed by atoms with Crippen LogP contribution in [0.25, 0.3) is 6.08 Å². The van der Waals surface area contributed by atoms with Gasteiger partial charge in [0.1, 0.15) is 5.76 Å². The zero-order chi connectivity index (χ0) is 14.8. The van der Waals surface area contributed by atoms with Gasteiger partial charge < -0.3 is 4.52 Å². The van der Waals surface area contributed by atoms with E-state index in [0.29, 0.717) is 28.2 Å². The molecular weight excluding hydrogens is 306 g/mol. The first kappa shape index (κ1) is 14.1. The Morgan fingerprint density at radius 3 is 3.00 bits per heavy atom. The molecule has 0 unspecified atom stereocenters. The number of carbonyl (C=O) groups is 1. The number of aliphatic imine (C=N–C) groups is 1. The zero-order valence-electron chi connectivity index (χ0n) is 11.6. The van der Waals surface area contributed by atoms with Gasteiger partial charge in [0, 0.05) is 17.5 Å². The summed E-state index contributed by atoms with van der Waals surface area (Å²) in [6, 6.07) is 5.69. The maximum Gasteiger partial charge on any atom is 0.266 e. The van der Waals surface area contributed by atoms with Crippen LogP contribution in [0, 0.1) is 6.92 Å². The molecule has 108 valence electrons. The normalized spacial score (nSPS) is 19.1. The van der Waals surface area contributed by atoms with Crippen molar-refractivity contribution < 1.29 is 9.32 Å². The molecule has 0 radical (unpaired) electrons. The highest BCUT2D eigenvalue weighted by atomic mass is 32.2. The van der Waals surface area contributed by atoms with Gasteiger partial charge in [-0.05, 0) is 43.1 Å². The Balaban J connectivity index is 1.92. The van der Waals surface area contributed by atoms with Crippen LogP contribution < -0.4 is 0 Å². The molecule has 2 aromatic rings. The third kappa shape index (κ3) is 2.93. The van der Waals surface area contributed by atoms with Crippen molar-refractivity contribution in [2.45, 2.75) is 13.8 Å². The van der Waals surface area contributed by atoms with Gasteiger partial charge in [-0.3, -0.25) is 9.69 Å². The summed E-state index contributed by atoms with van der Waals surface area (Å²) in [4.78, 5) is 20.2. The number of amidine groups is 1. The highest BCUT2D eigenvalue weighted by molar-refractivity contribution is 8.18. The number of thioether (sulfide) groups is 1. The van der Waals surface area contributed by atoms with Gasteiger partial charge in [-0.15, -0.1) is 11.3 Å². The fraction of sp³-hybridized carbons (Fsp3) is 0.214. The average Bonchev–Trinajstić information content (AvgIpc) is 3.15. The Kier molecular flexibility index (Phi) is 3.94. The molecule has 1 fully saturated rings. The molecule has 0 aliphatic carbocycles. The molecule has 3 heterocycles. The van der Waals surface area contributed by atoms with Crippen LogP contribution in [0.4, 0.5) is 5.82 Å². The second-order valence-corrected chi connectivity index (χ2v) is 6.35. The molecule has 21 heavy (non-hydrogen) atoms. The monoisotopic (exact) mass is 319 g/mol. The lowest BCUT2D eigenvalue weighted by molar-refractivity contribution is -0.122. The van der Waals surface area contributed by atoms with Crippen molar-refractivity contribution in [3.8, 4) is 0 Å². The van der Waals surface area contributed by atoms with Crippen molar-refractivity contribution in [2.75, 3.05) is 6.54 Å². The van der Waals surface area contributed by atoms with Crippen molar-refractivity contribution in [1.82, 2.24) is 10.1 Å². The number of carbonyl (C=O) groups excluding carboxylic acids is 1. The second-order valence-electron chi connectivity index (χ2n) is 4.37. The molecule has 0 atom stereocenters. The van der Waals surface area contributed by atoms with Crippen molar-refractivity contribution in [2.24, 2.45) is 4.99 Å².